The topological polar surface area (TPSA) is 38.8 Å². The largest absolute Gasteiger partial charge is 0.415 e. The third kappa shape index (κ3) is 12.6. The molecule has 0 aliphatic carbocycles. The molecule has 0 aliphatic heterocycles. The van der Waals surface area contributed by atoms with E-state index in [1.807, 2.05) is 0 Å². The van der Waals surface area contributed by atoms with Gasteiger partial charge >= 0.3 is 0 Å². The van der Waals surface area contributed by atoms with Crippen molar-refractivity contribution in [3.05, 3.63) is 12.7 Å². The molecule has 47 heavy (non-hydrogen) atoms. The van der Waals surface area contributed by atoms with Crippen LogP contribution in [0.2, 0.25) is 74.5 Å². The Morgan fingerprint density at radius 1 is 0.617 bits per heavy atom. The van der Waals surface area contributed by atoms with Gasteiger partial charge in [-0.05, 0) is 95.7 Å². The molecule has 4 nitrogen and oxygen atoms in total. The summed E-state index contributed by atoms with van der Waals surface area (Å²) < 4.78 is 14.6. The number of hydrogen-bond donors (Lipinski definition) is 0. The highest BCUT2D eigenvalue weighted by Gasteiger charge is 2.51. The molecule has 8 heteroatoms. The fraction of sp³-hybridized carbons (Fsp3) is 0.923. The molecule has 1 amide bonds. The Labute approximate surface area is 300 Å². The number of hydrogen-bond acceptors (Lipinski definition) is 3. The maximum Gasteiger partial charge on any atom is 0.245 e. The van der Waals surface area contributed by atoms with Crippen molar-refractivity contribution in [2.75, 3.05) is 13.1 Å². The first kappa shape index (κ1) is 47.0. The second-order valence-electron chi connectivity index (χ2n) is 18.8. The molecule has 0 aromatic rings. The third-order valence-corrected chi connectivity index (χ3v) is 33.3. The predicted molar refractivity (Wildman–Crippen MR) is 222 cm³/mol. The van der Waals surface area contributed by atoms with Crippen molar-refractivity contribution in [1.29, 1.82) is 0 Å². The summed E-state index contributed by atoms with van der Waals surface area (Å²) in [4.78, 5) is 15.2. The third-order valence-electron chi connectivity index (χ3n) is 13.9. The molecule has 280 valence electrons. The predicted octanol–water partition coefficient (Wildman–Crippen LogP) is 13.0. The Balaban J connectivity index is 5.67. The maximum absolute atomic E-state index is 13.1. The van der Waals surface area contributed by atoms with Crippen LogP contribution in [0.3, 0.4) is 0 Å². The molecule has 0 spiro atoms. The Hall–Kier alpha value is -0.00247. The van der Waals surface area contributed by atoms with Crippen molar-refractivity contribution in [1.82, 2.24) is 4.90 Å². The van der Waals surface area contributed by atoms with Gasteiger partial charge in [0.1, 0.15) is 0 Å². The van der Waals surface area contributed by atoms with E-state index < -0.39 is 32.8 Å². The highest BCUT2D eigenvalue weighted by molar-refractivity contribution is 6.83. The Morgan fingerprint density at radius 2 is 0.936 bits per heavy atom. The summed E-state index contributed by atoms with van der Waals surface area (Å²) in [6.07, 6.45) is 13.0. The van der Waals surface area contributed by atoms with Crippen molar-refractivity contribution in [3.63, 3.8) is 0 Å². The Kier molecular flexibility index (Phi) is 18.5. The molecule has 0 fully saturated rings. The molecule has 0 aliphatic rings. The lowest BCUT2D eigenvalue weighted by molar-refractivity contribution is -0.126. The van der Waals surface area contributed by atoms with Crippen molar-refractivity contribution in [2.45, 2.75) is 218 Å². The summed E-state index contributed by atoms with van der Waals surface area (Å²) in [7, 11) is -7.23. The van der Waals surface area contributed by atoms with E-state index in [4.69, 9.17) is 8.85 Å². The molecule has 0 rings (SSSR count). The van der Waals surface area contributed by atoms with Crippen LogP contribution >= 0.6 is 0 Å². The van der Waals surface area contributed by atoms with Gasteiger partial charge in [-0.25, -0.2) is 0 Å². The monoisotopic (exact) mass is 728 g/mol. The van der Waals surface area contributed by atoms with E-state index in [1.54, 1.807) is 0 Å². The second-order valence-corrected chi connectivity index (χ2v) is 38.6. The van der Waals surface area contributed by atoms with Crippen LogP contribution in [0, 0.1) is 0 Å². The summed E-state index contributed by atoms with van der Waals surface area (Å²) in [6, 6.07) is 2.64. The number of nitrogens with zero attached hydrogens (tertiary/aromatic N) is 1. The van der Waals surface area contributed by atoms with Crippen LogP contribution < -0.4 is 0 Å². The lowest BCUT2D eigenvalue weighted by atomic mass is 10.00. The van der Waals surface area contributed by atoms with Crippen molar-refractivity contribution in [3.8, 4) is 0 Å². The minimum Gasteiger partial charge on any atom is -0.415 e. The first-order valence-corrected chi connectivity index (χ1v) is 31.8. The average molecular weight is 728 g/mol. The van der Waals surface area contributed by atoms with Gasteiger partial charge in [-0.2, -0.15) is 0 Å². The molecule has 0 heterocycles. The molecule has 0 saturated heterocycles. The van der Waals surface area contributed by atoms with Crippen molar-refractivity contribution >= 4 is 38.7 Å². The maximum atomic E-state index is 13.1. The van der Waals surface area contributed by atoms with Gasteiger partial charge in [0.15, 0.2) is 16.6 Å². The van der Waals surface area contributed by atoms with Gasteiger partial charge in [-0.15, -0.1) is 0 Å². The van der Waals surface area contributed by atoms with Gasteiger partial charge in [0.25, 0.3) is 0 Å². The van der Waals surface area contributed by atoms with Gasteiger partial charge in [-0.3, -0.25) is 4.79 Å². The standard InChI is InChI=1S/C39H85NO3Si4/c1-20-25-33-44(12,13)36(6,7)42-46(16,17)38(10,23-4)29-27-31-40(35(41)22-3)32-28-30-39(11,24-5)47(18,19)43-37(8,9)45(14,15)34-26-21-2/h22H,3,20-21,23-34H2,1-2,4-19H3. The summed E-state index contributed by atoms with van der Waals surface area (Å²) >= 11 is 0. The molecule has 0 N–H and O–H groups in total. The number of carbonyl (C=O) groups is 1. The van der Waals surface area contributed by atoms with Crippen molar-refractivity contribution in [2.24, 2.45) is 0 Å². The zero-order valence-corrected chi connectivity index (χ0v) is 39.4. The van der Waals surface area contributed by atoms with Crippen LogP contribution in [-0.2, 0) is 13.6 Å². The first-order chi connectivity index (χ1) is 21.2. The average Bonchev–Trinajstić information content (AvgIpc) is 2.95. The van der Waals surface area contributed by atoms with Crippen LogP contribution in [0.5, 0.6) is 0 Å². The molecule has 0 saturated carbocycles. The Morgan fingerprint density at radius 3 is 1.19 bits per heavy atom. The van der Waals surface area contributed by atoms with E-state index in [1.165, 1.54) is 43.8 Å². The van der Waals surface area contributed by atoms with Crippen molar-refractivity contribution < 1.29 is 13.6 Å². The highest BCUT2D eigenvalue weighted by Crippen LogP contribution is 2.50. The second kappa shape index (κ2) is 18.5. The van der Waals surface area contributed by atoms with Gasteiger partial charge in [0.2, 0.25) is 5.91 Å². The summed E-state index contributed by atoms with van der Waals surface area (Å²) in [5.74, 6) is 0.0662. The molecule has 0 aromatic heterocycles. The van der Waals surface area contributed by atoms with Crippen LogP contribution in [0.25, 0.3) is 0 Å². The normalized spacial score (nSPS) is 16.5. The molecule has 0 bridgehead atoms. The molecular formula is C39H85NO3Si4. The number of unbranched alkanes of at least 4 members (excludes halogenated alkanes) is 2. The first-order valence-electron chi connectivity index (χ1n) is 19.5. The summed E-state index contributed by atoms with van der Waals surface area (Å²) in [5, 5.41) is 0.206. The lowest BCUT2D eigenvalue weighted by Gasteiger charge is -2.51. The van der Waals surface area contributed by atoms with Gasteiger partial charge < -0.3 is 13.8 Å². The van der Waals surface area contributed by atoms with E-state index in [0.29, 0.717) is 0 Å². The zero-order chi connectivity index (χ0) is 37.2. The number of carbonyl (C=O) groups excluding carboxylic acids is 1. The van der Waals surface area contributed by atoms with E-state index in [9.17, 15) is 4.79 Å². The van der Waals surface area contributed by atoms with Crippen LogP contribution in [0.1, 0.15) is 133 Å². The fourth-order valence-electron chi connectivity index (χ4n) is 7.23. The summed E-state index contributed by atoms with van der Waals surface area (Å²) in [5.41, 5.74) is 0. The summed E-state index contributed by atoms with van der Waals surface area (Å²) in [6.45, 7) is 49.0. The smallest absolute Gasteiger partial charge is 0.245 e. The molecule has 0 radical (unpaired) electrons. The van der Waals surface area contributed by atoms with E-state index in [2.05, 4.69) is 133 Å². The van der Waals surface area contributed by atoms with Crippen LogP contribution in [0.4, 0.5) is 0 Å². The quantitative estimate of drug-likeness (QED) is 0.0694. The molecule has 0 aromatic carbocycles. The van der Waals surface area contributed by atoms with Crippen LogP contribution in [0.15, 0.2) is 12.7 Å². The SMILES string of the molecule is C=CC(=O)N(CCCC(C)(CC)[Si](C)(C)OC(C)(C)[Si](C)(C)CCCC)CCCC(C)(CC)[Si](C)(C)OC(C)(C)[Si](C)(C)CCCC. The minimum atomic E-state index is -2.06. The minimum absolute atomic E-state index is 0.0471. The van der Waals surface area contributed by atoms with E-state index >= 15 is 0 Å². The zero-order valence-electron chi connectivity index (χ0n) is 35.4. The van der Waals surface area contributed by atoms with E-state index in [-0.39, 0.29) is 26.4 Å². The van der Waals surface area contributed by atoms with Gasteiger partial charge in [0, 0.05) is 23.5 Å². The molecule has 2 atom stereocenters. The molecular weight excluding hydrogens is 643 g/mol. The fourth-order valence-corrected chi connectivity index (χ4v) is 21.0. The number of amides is 1. The van der Waals surface area contributed by atoms with Gasteiger partial charge in [-0.1, -0.05) is 125 Å². The van der Waals surface area contributed by atoms with E-state index in [0.717, 1.165) is 51.6 Å². The lowest BCUT2D eigenvalue weighted by Crippen LogP contribution is -2.59. The molecule has 2 unspecified atom stereocenters. The highest BCUT2D eigenvalue weighted by atomic mass is 28.4. The Bertz CT molecular complexity index is 896. The van der Waals surface area contributed by atoms with Gasteiger partial charge in [0.05, 0.1) is 16.1 Å². The van der Waals surface area contributed by atoms with Crippen LogP contribution in [-0.4, -0.2) is 67.1 Å². The number of rotatable bonds is 25.